The minimum atomic E-state index is -0.453. The summed E-state index contributed by atoms with van der Waals surface area (Å²) >= 11 is 0. The van der Waals surface area contributed by atoms with E-state index in [1.165, 1.54) is 12.5 Å². The Morgan fingerprint density at radius 2 is 2.18 bits per heavy atom. The summed E-state index contributed by atoms with van der Waals surface area (Å²) in [6, 6.07) is 3.15. The van der Waals surface area contributed by atoms with Crippen molar-refractivity contribution in [3.05, 3.63) is 33.4 Å². The first-order valence-electron chi connectivity index (χ1n) is 7.65. The van der Waals surface area contributed by atoms with E-state index in [9.17, 15) is 14.9 Å². The van der Waals surface area contributed by atoms with Crippen LogP contribution in [0.15, 0.2) is 12.1 Å². The summed E-state index contributed by atoms with van der Waals surface area (Å²) in [6.07, 6.45) is 2.29. The van der Waals surface area contributed by atoms with Crippen molar-refractivity contribution < 1.29 is 9.72 Å². The van der Waals surface area contributed by atoms with Crippen LogP contribution in [0.25, 0.3) is 0 Å². The number of carbonyl (C=O) groups is 1. The van der Waals surface area contributed by atoms with Gasteiger partial charge in [-0.25, -0.2) is 0 Å². The maximum Gasteiger partial charge on any atom is 0.293 e. The fourth-order valence-corrected chi connectivity index (χ4v) is 2.92. The molecule has 1 heterocycles. The molecule has 0 aromatic heterocycles. The van der Waals surface area contributed by atoms with Crippen LogP contribution in [0.2, 0.25) is 0 Å². The summed E-state index contributed by atoms with van der Waals surface area (Å²) in [4.78, 5) is 25.1. The predicted molar refractivity (Wildman–Crippen MR) is 86.0 cm³/mol. The molecule has 0 unspecified atom stereocenters. The van der Waals surface area contributed by atoms with Crippen LogP contribution in [0.4, 0.5) is 11.4 Å². The first-order chi connectivity index (χ1) is 10.4. The number of amides is 1. The SMILES string of the molecule is Cc1ccc([N+](=O)[O-])c(NC(=O)CN2CCC[C@@H](C)C2)c1C. The minimum absolute atomic E-state index is 0.0523. The summed E-state index contributed by atoms with van der Waals surface area (Å²) in [5.41, 5.74) is 1.94. The van der Waals surface area contributed by atoms with Crippen LogP contribution in [-0.2, 0) is 4.79 Å². The Hall–Kier alpha value is -1.95. The molecule has 2 rings (SSSR count). The van der Waals surface area contributed by atoms with Gasteiger partial charge in [-0.2, -0.15) is 0 Å². The number of hydrogen-bond donors (Lipinski definition) is 1. The highest BCUT2D eigenvalue weighted by atomic mass is 16.6. The van der Waals surface area contributed by atoms with E-state index < -0.39 is 4.92 Å². The molecule has 0 aliphatic carbocycles. The van der Waals surface area contributed by atoms with Crippen molar-refractivity contribution in [3.8, 4) is 0 Å². The monoisotopic (exact) mass is 305 g/mol. The summed E-state index contributed by atoms with van der Waals surface area (Å²) in [6.45, 7) is 7.95. The van der Waals surface area contributed by atoms with Crippen molar-refractivity contribution in [2.24, 2.45) is 5.92 Å². The number of benzene rings is 1. The number of nitrogens with zero attached hydrogens (tertiary/aromatic N) is 2. The van der Waals surface area contributed by atoms with Crippen molar-refractivity contribution in [1.82, 2.24) is 4.90 Å². The van der Waals surface area contributed by atoms with E-state index in [0.717, 1.165) is 30.6 Å². The third-order valence-corrected chi connectivity index (χ3v) is 4.28. The fourth-order valence-electron chi connectivity index (χ4n) is 2.92. The summed E-state index contributed by atoms with van der Waals surface area (Å²) in [5, 5.41) is 13.9. The van der Waals surface area contributed by atoms with Gasteiger partial charge in [0.2, 0.25) is 5.91 Å². The third-order valence-electron chi connectivity index (χ3n) is 4.28. The molecule has 0 radical (unpaired) electrons. The predicted octanol–water partition coefficient (Wildman–Crippen LogP) is 2.88. The molecule has 0 bridgehead atoms. The van der Waals surface area contributed by atoms with Crippen LogP contribution in [0.5, 0.6) is 0 Å². The lowest BCUT2D eigenvalue weighted by atomic mass is 10.0. The third kappa shape index (κ3) is 3.82. The van der Waals surface area contributed by atoms with Crippen molar-refractivity contribution in [1.29, 1.82) is 0 Å². The number of nitrogens with one attached hydrogen (secondary N) is 1. The molecule has 1 aromatic rings. The maximum absolute atomic E-state index is 12.3. The molecule has 6 heteroatoms. The normalized spacial score (nSPS) is 19.0. The fraction of sp³-hybridized carbons (Fsp3) is 0.562. The number of nitro groups is 1. The van der Waals surface area contributed by atoms with E-state index in [4.69, 9.17) is 0 Å². The van der Waals surface area contributed by atoms with Crippen LogP contribution in [0, 0.1) is 29.9 Å². The number of rotatable bonds is 4. The zero-order valence-electron chi connectivity index (χ0n) is 13.4. The molecule has 0 saturated carbocycles. The second-order valence-corrected chi connectivity index (χ2v) is 6.19. The minimum Gasteiger partial charge on any atom is -0.319 e. The molecule has 1 aromatic carbocycles. The van der Waals surface area contributed by atoms with Crippen molar-refractivity contribution >= 4 is 17.3 Å². The van der Waals surface area contributed by atoms with E-state index in [0.29, 0.717) is 11.6 Å². The maximum atomic E-state index is 12.3. The molecule has 120 valence electrons. The highest BCUT2D eigenvalue weighted by molar-refractivity contribution is 5.95. The second-order valence-electron chi connectivity index (χ2n) is 6.19. The molecule has 0 spiro atoms. The Kier molecular flexibility index (Phi) is 5.13. The van der Waals surface area contributed by atoms with Gasteiger partial charge in [0.15, 0.2) is 0 Å². The van der Waals surface area contributed by atoms with Crippen molar-refractivity contribution in [2.45, 2.75) is 33.6 Å². The Morgan fingerprint density at radius 3 is 2.82 bits per heavy atom. The number of piperidine rings is 1. The lowest BCUT2D eigenvalue weighted by Crippen LogP contribution is -2.39. The van der Waals surface area contributed by atoms with E-state index in [1.54, 1.807) is 13.0 Å². The quantitative estimate of drug-likeness (QED) is 0.685. The Morgan fingerprint density at radius 1 is 1.45 bits per heavy atom. The number of carbonyl (C=O) groups excluding carboxylic acids is 1. The zero-order valence-corrected chi connectivity index (χ0v) is 13.4. The van der Waals surface area contributed by atoms with Gasteiger partial charge in [0.05, 0.1) is 11.5 Å². The Labute approximate surface area is 130 Å². The average molecular weight is 305 g/mol. The average Bonchev–Trinajstić information content (AvgIpc) is 2.43. The van der Waals surface area contributed by atoms with Gasteiger partial charge in [-0.15, -0.1) is 0 Å². The standard InChI is InChI=1S/C16H23N3O3/c1-11-5-4-8-18(9-11)10-15(20)17-16-13(3)12(2)6-7-14(16)19(21)22/h6-7,11H,4-5,8-10H2,1-3H3,(H,17,20)/t11-/m1/s1. The molecule has 1 N–H and O–H groups in total. The van der Waals surface area contributed by atoms with Crippen molar-refractivity contribution in [2.75, 3.05) is 25.0 Å². The van der Waals surface area contributed by atoms with Gasteiger partial charge in [-0.3, -0.25) is 19.8 Å². The Balaban J connectivity index is 2.11. The molecule has 1 fully saturated rings. The molecule has 1 aliphatic heterocycles. The van der Waals surface area contributed by atoms with Crippen LogP contribution in [0.3, 0.4) is 0 Å². The van der Waals surface area contributed by atoms with E-state index in [-0.39, 0.29) is 18.1 Å². The highest BCUT2D eigenvalue weighted by Crippen LogP contribution is 2.30. The smallest absolute Gasteiger partial charge is 0.293 e. The summed E-state index contributed by atoms with van der Waals surface area (Å²) in [7, 11) is 0. The van der Waals surface area contributed by atoms with E-state index >= 15 is 0 Å². The van der Waals surface area contributed by atoms with Gasteiger partial charge in [-0.05, 0) is 50.3 Å². The molecule has 1 aliphatic rings. The highest BCUT2D eigenvalue weighted by Gasteiger charge is 2.22. The second kappa shape index (κ2) is 6.87. The molecular weight excluding hydrogens is 282 g/mol. The van der Waals surface area contributed by atoms with Crippen LogP contribution >= 0.6 is 0 Å². The molecule has 6 nitrogen and oxygen atoms in total. The van der Waals surface area contributed by atoms with E-state index in [2.05, 4.69) is 17.1 Å². The van der Waals surface area contributed by atoms with Gasteiger partial charge in [0.1, 0.15) is 5.69 Å². The van der Waals surface area contributed by atoms with Gasteiger partial charge >= 0.3 is 0 Å². The molecular formula is C16H23N3O3. The van der Waals surface area contributed by atoms with Gasteiger partial charge in [0, 0.05) is 12.6 Å². The number of nitro benzene ring substituents is 1. The Bertz CT molecular complexity index is 586. The molecule has 1 amide bonds. The first-order valence-corrected chi connectivity index (χ1v) is 7.65. The first kappa shape index (κ1) is 16.4. The lowest BCUT2D eigenvalue weighted by Gasteiger charge is -2.30. The number of hydrogen-bond acceptors (Lipinski definition) is 4. The number of likely N-dealkylation sites (tertiary alicyclic amines) is 1. The molecule has 22 heavy (non-hydrogen) atoms. The topological polar surface area (TPSA) is 75.5 Å². The van der Waals surface area contributed by atoms with Crippen LogP contribution in [-0.4, -0.2) is 35.4 Å². The summed E-state index contributed by atoms with van der Waals surface area (Å²) < 4.78 is 0. The number of aryl methyl sites for hydroxylation is 1. The van der Waals surface area contributed by atoms with E-state index in [1.807, 2.05) is 6.92 Å². The lowest BCUT2D eigenvalue weighted by molar-refractivity contribution is -0.384. The molecule has 1 atom stereocenters. The van der Waals surface area contributed by atoms with Crippen LogP contribution in [0.1, 0.15) is 30.9 Å². The molecule has 1 saturated heterocycles. The van der Waals surface area contributed by atoms with Gasteiger partial charge in [-0.1, -0.05) is 13.0 Å². The van der Waals surface area contributed by atoms with Crippen molar-refractivity contribution in [3.63, 3.8) is 0 Å². The summed E-state index contributed by atoms with van der Waals surface area (Å²) in [5.74, 6) is 0.405. The van der Waals surface area contributed by atoms with Gasteiger partial charge in [0.25, 0.3) is 5.69 Å². The van der Waals surface area contributed by atoms with Gasteiger partial charge < -0.3 is 5.32 Å². The largest absolute Gasteiger partial charge is 0.319 e. The zero-order chi connectivity index (χ0) is 16.3. The number of anilines is 1. The van der Waals surface area contributed by atoms with Crippen LogP contribution < -0.4 is 5.32 Å².